The molecule has 9 nitrogen and oxygen atoms in total. The number of nitrogens with zero attached hydrogens (tertiary/aromatic N) is 1. The number of carboxylic acid groups (broad SMARTS) is 3. The number of halogens is 2. The zero-order valence-corrected chi connectivity index (χ0v) is 22.1. The molecule has 1 aliphatic heterocycles. The molecule has 4 rings (SSSR count). The fourth-order valence-corrected chi connectivity index (χ4v) is 5.04. The molecule has 1 aliphatic rings. The Morgan fingerprint density at radius 3 is 1.90 bits per heavy atom. The van der Waals surface area contributed by atoms with E-state index in [9.17, 15) is 23.2 Å². The SMILES string of the molecule is Fc1ccc(CN(Cc2ccsc2)[C@@H]2COC[C@H]2c2ccc(F)cc2)cc1.O=C(O)CC(O)(CC(=O)O)C(=O)O. The average Bonchev–Trinajstić information content (AvgIpc) is 3.57. The van der Waals surface area contributed by atoms with E-state index in [4.69, 9.17) is 25.2 Å². The van der Waals surface area contributed by atoms with E-state index in [2.05, 4.69) is 21.7 Å². The van der Waals surface area contributed by atoms with Crippen molar-refractivity contribution in [2.24, 2.45) is 0 Å². The molecule has 2 aromatic carbocycles. The van der Waals surface area contributed by atoms with Crippen molar-refractivity contribution in [2.75, 3.05) is 13.2 Å². The van der Waals surface area contributed by atoms with Crippen molar-refractivity contribution in [3.63, 3.8) is 0 Å². The van der Waals surface area contributed by atoms with E-state index in [-0.39, 0.29) is 23.6 Å². The van der Waals surface area contributed by atoms with Crippen LogP contribution in [0.25, 0.3) is 0 Å². The van der Waals surface area contributed by atoms with E-state index in [1.807, 2.05) is 24.3 Å². The van der Waals surface area contributed by atoms with Gasteiger partial charge in [0.1, 0.15) is 11.6 Å². The summed E-state index contributed by atoms with van der Waals surface area (Å²) in [7, 11) is 0. The van der Waals surface area contributed by atoms with Gasteiger partial charge in [-0.15, -0.1) is 0 Å². The molecule has 214 valence electrons. The quantitative estimate of drug-likeness (QED) is 0.266. The highest BCUT2D eigenvalue weighted by Gasteiger charge is 2.40. The summed E-state index contributed by atoms with van der Waals surface area (Å²) in [5.74, 6) is -5.29. The third-order valence-electron chi connectivity index (χ3n) is 6.37. The summed E-state index contributed by atoms with van der Waals surface area (Å²) >= 11 is 1.68. The van der Waals surface area contributed by atoms with Gasteiger partial charge >= 0.3 is 17.9 Å². The van der Waals surface area contributed by atoms with Gasteiger partial charge in [0.25, 0.3) is 0 Å². The standard InChI is InChI=1S/C22H21F2NOS.C6H8O7/c23-19-5-1-16(2-6-19)11-25(12-17-9-10-27-15-17)22-14-26-13-21(22)18-3-7-20(24)8-4-18;7-3(8)1-6(13,5(11)12)2-4(9)10/h1-10,15,21-22H,11-14H2;13H,1-2H2,(H,7,8)(H,9,10)(H,11,12)/t21-,22+;/m0./s1. The molecule has 1 saturated heterocycles. The van der Waals surface area contributed by atoms with Crippen molar-refractivity contribution in [3.05, 3.63) is 93.7 Å². The number of rotatable bonds is 11. The van der Waals surface area contributed by atoms with E-state index in [1.165, 1.54) is 29.8 Å². The normalized spacial score (nSPS) is 16.8. The number of carbonyl (C=O) groups is 3. The lowest BCUT2D eigenvalue weighted by atomic mass is 9.92. The van der Waals surface area contributed by atoms with Crippen LogP contribution in [0.4, 0.5) is 8.78 Å². The van der Waals surface area contributed by atoms with E-state index in [1.54, 1.807) is 11.3 Å². The Labute approximate surface area is 232 Å². The fourth-order valence-electron chi connectivity index (χ4n) is 4.38. The zero-order chi connectivity index (χ0) is 29.3. The molecule has 4 N–H and O–H groups in total. The van der Waals surface area contributed by atoms with Gasteiger partial charge in [-0.2, -0.15) is 11.3 Å². The largest absolute Gasteiger partial charge is 0.481 e. The Balaban J connectivity index is 0.000000289. The Kier molecular flexibility index (Phi) is 10.8. The molecule has 0 aliphatic carbocycles. The van der Waals surface area contributed by atoms with Crippen LogP contribution in [0.3, 0.4) is 0 Å². The van der Waals surface area contributed by atoms with Crippen molar-refractivity contribution < 1.29 is 48.3 Å². The minimum atomic E-state index is -2.74. The van der Waals surface area contributed by atoms with Gasteiger partial charge in [-0.25, -0.2) is 13.6 Å². The number of carboxylic acids is 3. The molecule has 12 heteroatoms. The number of hydrogen-bond acceptors (Lipinski definition) is 7. The number of benzene rings is 2. The minimum Gasteiger partial charge on any atom is -0.481 e. The Bertz CT molecular complexity index is 1250. The van der Waals surface area contributed by atoms with E-state index in [0.29, 0.717) is 19.8 Å². The summed E-state index contributed by atoms with van der Waals surface area (Å²) in [6.07, 6.45) is -2.29. The summed E-state index contributed by atoms with van der Waals surface area (Å²) in [5.41, 5.74) is 0.675. The predicted octanol–water partition coefficient (Wildman–Crippen LogP) is 3.96. The first kappa shape index (κ1) is 30.8. The van der Waals surface area contributed by atoms with E-state index < -0.39 is 36.4 Å². The molecule has 1 fully saturated rings. The van der Waals surface area contributed by atoms with Gasteiger partial charge in [-0.1, -0.05) is 24.3 Å². The monoisotopic (exact) mass is 577 g/mol. The molecule has 2 atom stereocenters. The zero-order valence-electron chi connectivity index (χ0n) is 21.3. The van der Waals surface area contributed by atoms with Crippen molar-refractivity contribution in [2.45, 2.75) is 43.5 Å². The van der Waals surface area contributed by atoms with Crippen LogP contribution in [0, 0.1) is 11.6 Å². The Morgan fingerprint density at radius 1 is 0.850 bits per heavy atom. The van der Waals surface area contributed by atoms with Gasteiger partial charge in [0.05, 0.1) is 26.1 Å². The van der Waals surface area contributed by atoms with Crippen LogP contribution >= 0.6 is 11.3 Å². The number of aliphatic carboxylic acids is 3. The van der Waals surface area contributed by atoms with Gasteiger partial charge in [-0.3, -0.25) is 14.5 Å². The first-order valence-electron chi connectivity index (χ1n) is 12.2. The highest BCUT2D eigenvalue weighted by Crippen LogP contribution is 2.32. The molecule has 0 radical (unpaired) electrons. The van der Waals surface area contributed by atoms with Crippen LogP contribution in [0.15, 0.2) is 65.4 Å². The van der Waals surface area contributed by atoms with Crippen LogP contribution in [0.2, 0.25) is 0 Å². The molecule has 3 aromatic rings. The van der Waals surface area contributed by atoms with Crippen LogP contribution in [-0.4, -0.2) is 68.1 Å². The summed E-state index contributed by atoms with van der Waals surface area (Å²) in [5, 5.41) is 38.0. The Morgan fingerprint density at radius 2 is 1.40 bits per heavy atom. The number of ether oxygens (including phenoxy) is 1. The van der Waals surface area contributed by atoms with Crippen molar-refractivity contribution >= 4 is 29.2 Å². The second-order valence-electron chi connectivity index (χ2n) is 9.40. The Hall–Kier alpha value is -3.71. The highest BCUT2D eigenvalue weighted by molar-refractivity contribution is 7.07. The van der Waals surface area contributed by atoms with Crippen LogP contribution < -0.4 is 0 Å². The lowest BCUT2D eigenvalue weighted by Crippen LogP contribution is -2.42. The van der Waals surface area contributed by atoms with Crippen LogP contribution in [-0.2, 0) is 32.2 Å². The molecule has 0 amide bonds. The molecule has 2 heterocycles. The topological polar surface area (TPSA) is 145 Å². The van der Waals surface area contributed by atoms with Gasteiger partial charge in [0, 0.05) is 25.0 Å². The maximum absolute atomic E-state index is 13.3. The summed E-state index contributed by atoms with van der Waals surface area (Å²) in [6.45, 7) is 2.77. The molecular weight excluding hydrogens is 548 g/mol. The van der Waals surface area contributed by atoms with Crippen molar-refractivity contribution in [3.8, 4) is 0 Å². The average molecular weight is 578 g/mol. The first-order valence-corrected chi connectivity index (χ1v) is 13.1. The van der Waals surface area contributed by atoms with E-state index in [0.717, 1.165) is 17.7 Å². The molecule has 0 spiro atoms. The van der Waals surface area contributed by atoms with E-state index >= 15 is 0 Å². The van der Waals surface area contributed by atoms with Crippen LogP contribution in [0.1, 0.15) is 35.4 Å². The molecular formula is C28H29F2NO8S. The van der Waals surface area contributed by atoms with Gasteiger partial charge in [-0.05, 0) is 57.8 Å². The second kappa shape index (κ2) is 14.1. The smallest absolute Gasteiger partial charge is 0.336 e. The highest BCUT2D eigenvalue weighted by atomic mass is 32.1. The summed E-state index contributed by atoms with van der Waals surface area (Å²) < 4.78 is 32.4. The maximum atomic E-state index is 13.3. The fraction of sp³-hybridized carbons (Fsp3) is 0.321. The molecule has 0 saturated carbocycles. The van der Waals surface area contributed by atoms with Gasteiger partial charge < -0.3 is 25.2 Å². The summed E-state index contributed by atoms with van der Waals surface area (Å²) in [4.78, 5) is 32.9. The number of hydrogen-bond donors (Lipinski definition) is 4. The van der Waals surface area contributed by atoms with Crippen LogP contribution in [0.5, 0.6) is 0 Å². The third-order valence-corrected chi connectivity index (χ3v) is 7.10. The predicted molar refractivity (Wildman–Crippen MR) is 141 cm³/mol. The molecule has 0 bridgehead atoms. The number of aliphatic hydroxyl groups is 1. The third kappa shape index (κ3) is 8.91. The van der Waals surface area contributed by atoms with Gasteiger partial charge in [0.2, 0.25) is 0 Å². The molecule has 40 heavy (non-hydrogen) atoms. The lowest BCUT2D eigenvalue weighted by molar-refractivity contribution is -0.170. The lowest BCUT2D eigenvalue weighted by Gasteiger charge is -2.32. The first-order chi connectivity index (χ1) is 19.0. The van der Waals surface area contributed by atoms with Crippen molar-refractivity contribution in [1.82, 2.24) is 4.90 Å². The second-order valence-corrected chi connectivity index (χ2v) is 10.2. The summed E-state index contributed by atoms with van der Waals surface area (Å²) in [6, 6.07) is 15.7. The van der Waals surface area contributed by atoms with Crippen molar-refractivity contribution in [1.29, 1.82) is 0 Å². The maximum Gasteiger partial charge on any atom is 0.336 e. The molecule has 0 unspecified atom stereocenters. The van der Waals surface area contributed by atoms with Gasteiger partial charge in [0.15, 0.2) is 5.60 Å². The minimum absolute atomic E-state index is 0.181. The number of thiophene rings is 1. The molecule has 1 aromatic heterocycles.